The van der Waals surface area contributed by atoms with Crippen molar-refractivity contribution in [2.24, 2.45) is 7.05 Å². The Morgan fingerprint density at radius 3 is 2.79 bits per heavy atom. The number of aryl methyl sites for hydroxylation is 2. The van der Waals surface area contributed by atoms with Gasteiger partial charge >= 0.3 is 0 Å². The second-order valence-corrected chi connectivity index (χ2v) is 6.40. The Balaban J connectivity index is 2.10. The Morgan fingerprint density at radius 2 is 2.11 bits per heavy atom. The van der Waals surface area contributed by atoms with Crippen molar-refractivity contribution >= 4 is 28.9 Å². The number of nitrogen functional groups attached to an aromatic ring is 1. The largest absolute Gasteiger partial charge is 0.369 e. The van der Waals surface area contributed by atoms with Gasteiger partial charge < -0.3 is 5.73 Å². The molecule has 0 aromatic carbocycles. The topological polar surface area (TPSA) is 61.7 Å². The standard InChI is InChI=1S/C13H21N5S/c1-3-4-10-11-12(17(2)16-10)18(13(14)15-11)9-5-7-19-8-6-9/h9H,3-8H2,1-2H3,(H2,14,15). The summed E-state index contributed by atoms with van der Waals surface area (Å²) in [5.74, 6) is 3.07. The summed E-state index contributed by atoms with van der Waals surface area (Å²) in [5.41, 5.74) is 9.34. The first-order valence-corrected chi connectivity index (χ1v) is 8.14. The zero-order valence-corrected chi connectivity index (χ0v) is 12.4. The van der Waals surface area contributed by atoms with Crippen molar-refractivity contribution < 1.29 is 0 Å². The summed E-state index contributed by atoms with van der Waals surface area (Å²) in [5, 5.41) is 4.61. The molecule has 1 aliphatic rings. The van der Waals surface area contributed by atoms with Crippen LogP contribution in [0.4, 0.5) is 5.95 Å². The van der Waals surface area contributed by atoms with Gasteiger partial charge in [0.1, 0.15) is 5.52 Å². The van der Waals surface area contributed by atoms with E-state index in [-0.39, 0.29) is 0 Å². The fraction of sp³-hybridized carbons (Fsp3) is 0.692. The predicted molar refractivity (Wildman–Crippen MR) is 80.5 cm³/mol. The summed E-state index contributed by atoms with van der Waals surface area (Å²) in [4.78, 5) is 4.58. The average Bonchev–Trinajstić information content (AvgIpc) is 2.89. The van der Waals surface area contributed by atoms with Gasteiger partial charge in [0.15, 0.2) is 5.65 Å². The minimum absolute atomic E-state index is 0.483. The highest BCUT2D eigenvalue weighted by Crippen LogP contribution is 2.33. The molecule has 0 spiro atoms. The van der Waals surface area contributed by atoms with Crippen LogP contribution < -0.4 is 5.73 Å². The van der Waals surface area contributed by atoms with Crippen LogP contribution in [0.3, 0.4) is 0 Å². The van der Waals surface area contributed by atoms with Crippen molar-refractivity contribution in [1.29, 1.82) is 0 Å². The van der Waals surface area contributed by atoms with Gasteiger partial charge in [-0.15, -0.1) is 0 Å². The molecule has 104 valence electrons. The van der Waals surface area contributed by atoms with Crippen molar-refractivity contribution in [3.05, 3.63) is 5.69 Å². The fourth-order valence-corrected chi connectivity index (χ4v) is 4.01. The Hall–Kier alpha value is -1.17. The molecule has 6 heteroatoms. The number of hydrogen-bond acceptors (Lipinski definition) is 4. The number of fused-ring (bicyclic) bond motifs is 1. The molecule has 3 rings (SSSR count). The number of nitrogens with two attached hydrogens (primary N) is 1. The quantitative estimate of drug-likeness (QED) is 0.937. The van der Waals surface area contributed by atoms with Gasteiger partial charge in [0.25, 0.3) is 0 Å². The van der Waals surface area contributed by atoms with Gasteiger partial charge in [-0.3, -0.25) is 9.25 Å². The van der Waals surface area contributed by atoms with Crippen molar-refractivity contribution in [2.45, 2.75) is 38.6 Å². The number of anilines is 1. The molecule has 2 aromatic rings. The molecular formula is C13H21N5S. The molecule has 0 unspecified atom stereocenters. The Labute approximate surface area is 117 Å². The molecule has 0 bridgehead atoms. The third-order valence-electron chi connectivity index (χ3n) is 3.81. The van der Waals surface area contributed by atoms with Crippen LogP contribution in [0.25, 0.3) is 11.2 Å². The molecule has 0 aliphatic carbocycles. The highest BCUT2D eigenvalue weighted by Gasteiger charge is 2.24. The van der Waals surface area contributed by atoms with Crippen LogP contribution in [0.1, 0.15) is 37.9 Å². The minimum atomic E-state index is 0.483. The Morgan fingerprint density at radius 1 is 1.37 bits per heavy atom. The van der Waals surface area contributed by atoms with Crippen LogP contribution in [0.5, 0.6) is 0 Å². The molecule has 1 aliphatic heterocycles. The summed E-state index contributed by atoms with van der Waals surface area (Å²) in [7, 11) is 2.00. The third kappa shape index (κ3) is 2.12. The second-order valence-electron chi connectivity index (χ2n) is 5.18. The number of hydrogen-bond donors (Lipinski definition) is 1. The minimum Gasteiger partial charge on any atom is -0.369 e. The monoisotopic (exact) mass is 279 g/mol. The maximum Gasteiger partial charge on any atom is 0.202 e. The zero-order chi connectivity index (χ0) is 13.4. The molecule has 2 aromatic heterocycles. The Kier molecular flexibility index (Phi) is 3.43. The molecule has 5 nitrogen and oxygen atoms in total. The second kappa shape index (κ2) is 5.07. The number of imidazole rings is 1. The maximum atomic E-state index is 6.17. The van der Waals surface area contributed by atoms with E-state index in [0.717, 1.165) is 29.7 Å². The van der Waals surface area contributed by atoms with E-state index in [9.17, 15) is 0 Å². The smallest absolute Gasteiger partial charge is 0.202 e. The van der Waals surface area contributed by atoms with Gasteiger partial charge in [-0.2, -0.15) is 16.9 Å². The highest BCUT2D eigenvalue weighted by atomic mass is 32.2. The lowest BCUT2D eigenvalue weighted by Gasteiger charge is -2.24. The number of thioether (sulfide) groups is 1. The van der Waals surface area contributed by atoms with Crippen molar-refractivity contribution in [3.63, 3.8) is 0 Å². The van der Waals surface area contributed by atoms with E-state index in [0.29, 0.717) is 12.0 Å². The van der Waals surface area contributed by atoms with E-state index in [1.54, 1.807) is 0 Å². The van der Waals surface area contributed by atoms with Crippen LogP contribution in [0.2, 0.25) is 0 Å². The van der Waals surface area contributed by atoms with Crippen LogP contribution >= 0.6 is 11.8 Å². The van der Waals surface area contributed by atoms with Gasteiger partial charge in [-0.25, -0.2) is 4.98 Å². The number of aromatic nitrogens is 4. The van der Waals surface area contributed by atoms with E-state index in [1.807, 2.05) is 23.5 Å². The van der Waals surface area contributed by atoms with E-state index < -0.39 is 0 Å². The molecule has 1 saturated heterocycles. The predicted octanol–water partition coefficient (Wildman–Crippen LogP) is 2.37. The highest BCUT2D eigenvalue weighted by molar-refractivity contribution is 7.99. The molecule has 1 fully saturated rings. The molecule has 0 saturated carbocycles. The molecule has 0 atom stereocenters. The normalized spacial score (nSPS) is 17.4. The summed E-state index contributed by atoms with van der Waals surface area (Å²) < 4.78 is 4.16. The maximum absolute atomic E-state index is 6.17. The van der Waals surface area contributed by atoms with E-state index in [4.69, 9.17) is 5.73 Å². The molecule has 0 amide bonds. The molecule has 2 N–H and O–H groups in total. The zero-order valence-electron chi connectivity index (χ0n) is 11.6. The van der Waals surface area contributed by atoms with Gasteiger partial charge in [0.05, 0.1) is 5.69 Å². The lowest BCUT2D eigenvalue weighted by Crippen LogP contribution is -2.18. The summed E-state index contributed by atoms with van der Waals surface area (Å²) >= 11 is 2.03. The molecular weight excluding hydrogens is 258 g/mol. The lowest BCUT2D eigenvalue weighted by atomic mass is 10.1. The van der Waals surface area contributed by atoms with Crippen LogP contribution in [0.15, 0.2) is 0 Å². The van der Waals surface area contributed by atoms with Gasteiger partial charge in [-0.1, -0.05) is 13.3 Å². The summed E-state index contributed by atoms with van der Waals surface area (Å²) in [6.45, 7) is 2.17. The Bertz CT molecular complexity index is 579. The van der Waals surface area contributed by atoms with Crippen molar-refractivity contribution in [3.8, 4) is 0 Å². The summed E-state index contributed by atoms with van der Waals surface area (Å²) in [6.07, 6.45) is 4.40. The van der Waals surface area contributed by atoms with Crippen molar-refractivity contribution in [1.82, 2.24) is 19.3 Å². The van der Waals surface area contributed by atoms with E-state index in [2.05, 4.69) is 21.6 Å². The van der Waals surface area contributed by atoms with Crippen LogP contribution in [0, 0.1) is 0 Å². The summed E-state index contributed by atoms with van der Waals surface area (Å²) in [6, 6.07) is 0.483. The SMILES string of the molecule is CCCc1nn(C)c2c1nc(N)n2C1CCSCC1. The van der Waals surface area contributed by atoms with Crippen molar-refractivity contribution in [2.75, 3.05) is 17.2 Å². The number of nitrogens with zero attached hydrogens (tertiary/aromatic N) is 4. The molecule has 0 radical (unpaired) electrons. The van der Waals surface area contributed by atoms with Gasteiger partial charge in [-0.05, 0) is 30.8 Å². The average molecular weight is 279 g/mol. The first-order valence-electron chi connectivity index (χ1n) is 6.99. The first-order chi connectivity index (χ1) is 9.22. The van der Waals surface area contributed by atoms with E-state index in [1.165, 1.54) is 24.3 Å². The van der Waals surface area contributed by atoms with Crippen LogP contribution in [-0.2, 0) is 13.5 Å². The molecule has 19 heavy (non-hydrogen) atoms. The van der Waals surface area contributed by atoms with E-state index >= 15 is 0 Å². The number of rotatable bonds is 3. The fourth-order valence-electron chi connectivity index (χ4n) is 2.93. The first kappa shape index (κ1) is 12.8. The lowest BCUT2D eigenvalue weighted by molar-refractivity contribution is 0.478. The van der Waals surface area contributed by atoms with Gasteiger partial charge in [0, 0.05) is 13.1 Å². The van der Waals surface area contributed by atoms with Gasteiger partial charge in [0.2, 0.25) is 5.95 Å². The van der Waals surface area contributed by atoms with Crippen LogP contribution in [-0.4, -0.2) is 30.8 Å². The molecule has 3 heterocycles. The third-order valence-corrected chi connectivity index (χ3v) is 4.86.